The van der Waals surface area contributed by atoms with Crippen molar-refractivity contribution in [3.05, 3.63) is 0 Å². The monoisotopic (exact) mass is 266 g/mol. The van der Waals surface area contributed by atoms with Crippen molar-refractivity contribution in [1.29, 1.82) is 0 Å². The zero-order valence-electron chi connectivity index (χ0n) is 8.73. The highest BCUT2D eigenvalue weighted by molar-refractivity contribution is 9.09. The predicted molar refractivity (Wildman–Crippen MR) is 61.7 cm³/mol. The van der Waals surface area contributed by atoms with Gasteiger partial charge in [-0.05, 0) is 32.5 Å². The molecule has 0 fully saturated rings. The Labute approximate surface area is 90.3 Å². The Hall–Kier alpha value is 0.167. The SMILES string of the molecule is C[Si](C)(C)OC(=O)CCCCCBr. The Kier molecular flexibility index (Phi) is 6.68. The highest BCUT2D eigenvalue weighted by Gasteiger charge is 2.19. The minimum Gasteiger partial charge on any atom is -0.520 e. The Bertz CT molecular complexity index is 154. The normalized spacial score (nSPS) is 11.4. The van der Waals surface area contributed by atoms with Crippen molar-refractivity contribution >= 4 is 30.2 Å². The van der Waals surface area contributed by atoms with Crippen LogP contribution in [0.3, 0.4) is 0 Å². The molecule has 78 valence electrons. The molecule has 0 aliphatic heterocycles. The fourth-order valence-electron chi connectivity index (χ4n) is 0.933. The van der Waals surface area contributed by atoms with Gasteiger partial charge in [0, 0.05) is 11.8 Å². The van der Waals surface area contributed by atoms with Crippen LogP contribution >= 0.6 is 15.9 Å². The summed E-state index contributed by atoms with van der Waals surface area (Å²) in [6, 6.07) is 0. The number of hydrogen-bond acceptors (Lipinski definition) is 2. The summed E-state index contributed by atoms with van der Waals surface area (Å²) in [4.78, 5) is 11.2. The summed E-state index contributed by atoms with van der Waals surface area (Å²) in [5, 5.41) is 1.02. The lowest BCUT2D eigenvalue weighted by Crippen LogP contribution is -2.28. The number of carbonyl (C=O) groups is 1. The number of hydrogen-bond donors (Lipinski definition) is 0. The Balaban J connectivity index is 3.41. The Morgan fingerprint density at radius 2 is 1.85 bits per heavy atom. The molecule has 0 bridgehead atoms. The van der Waals surface area contributed by atoms with Gasteiger partial charge in [-0.2, -0.15) is 0 Å². The molecule has 0 saturated heterocycles. The topological polar surface area (TPSA) is 26.3 Å². The second kappa shape index (κ2) is 6.60. The first-order valence-corrected chi connectivity index (χ1v) is 9.26. The number of unbranched alkanes of at least 4 members (excludes halogenated alkanes) is 2. The van der Waals surface area contributed by atoms with Gasteiger partial charge in [0.25, 0.3) is 5.97 Å². The molecule has 13 heavy (non-hydrogen) atoms. The van der Waals surface area contributed by atoms with Gasteiger partial charge in [0.2, 0.25) is 8.32 Å². The van der Waals surface area contributed by atoms with Crippen LogP contribution in [0.5, 0.6) is 0 Å². The van der Waals surface area contributed by atoms with Crippen LogP contribution < -0.4 is 0 Å². The third kappa shape index (κ3) is 10.1. The van der Waals surface area contributed by atoms with Crippen molar-refractivity contribution in [2.45, 2.75) is 45.3 Å². The summed E-state index contributed by atoms with van der Waals surface area (Å²) < 4.78 is 5.31. The summed E-state index contributed by atoms with van der Waals surface area (Å²) >= 11 is 3.36. The maximum atomic E-state index is 11.2. The Morgan fingerprint density at radius 3 is 2.31 bits per heavy atom. The quantitative estimate of drug-likeness (QED) is 0.419. The van der Waals surface area contributed by atoms with Crippen LogP contribution in [0.25, 0.3) is 0 Å². The molecule has 0 aromatic heterocycles. The van der Waals surface area contributed by atoms with Gasteiger partial charge in [-0.25, -0.2) is 0 Å². The van der Waals surface area contributed by atoms with Gasteiger partial charge in [0.1, 0.15) is 0 Å². The second-order valence-electron chi connectivity index (χ2n) is 4.09. The molecule has 2 nitrogen and oxygen atoms in total. The largest absolute Gasteiger partial charge is 0.520 e. The number of halogens is 1. The van der Waals surface area contributed by atoms with Crippen molar-refractivity contribution in [3.63, 3.8) is 0 Å². The lowest BCUT2D eigenvalue weighted by Gasteiger charge is -2.16. The number of rotatable bonds is 6. The number of alkyl halides is 1. The molecule has 0 rings (SSSR count). The summed E-state index contributed by atoms with van der Waals surface area (Å²) in [5.74, 6) is -0.0197. The molecule has 4 heteroatoms. The van der Waals surface area contributed by atoms with Crippen molar-refractivity contribution in [2.75, 3.05) is 5.33 Å². The van der Waals surface area contributed by atoms with Gasteiger partial charge in [0.15, 0.2) is 0 Å². The van der Waals surface area contributed by atoms with Gasteiger partial charge >= 0.3 is 0 Å². The van der Waals surface area contributed by atoms with Crippen LogP contribution in [0.4, 0.5) is 0 Å². The van der Waals surface area contributed by atoms with Gasteiger partial charge < -0.3 is 4.43 Å². The molecule has 0 aliphatic rings. The highest BCUT2D eigenvalue weighted by Crippen LogP contribution is 2.08. The highest BCUT2D eigenvalue weighted by atomic mass is 79.9. The third-order valence-corrected chi connectivity index (χ3v) is 2.84. The smallest absolute Gasteiger partial charge is 0.292 e. The lowest BCUT2D eigenvalue weighted by molar-refractivity contribution is -0.135. The van der Waals surface area contributed by atoms with E-state index in [1.807, 2.05) is 19.6 Å². The average molecular weight is 267 g/mol. The first kappa shape index (κ1) is 13.2. The maximum absolute atomic E-state index is 11.2. The van der Waals surface area contributed by atoms with Gasteiger partial charge in [-0.1, -0.05) is 22.4 Å². The van der Waals surface area contributed by atoms with Crippen LogP contribution in [0.2, 0.25) is 19.6 Å². The molecule has 0 atom stereocenters. The van der Waals surface area contributed by atoms with Crippen LogP contribution in [0.1, 0.15) is 25.7 Å². The zero-order chi connectivity index (χ0) is 10.3. The van der Waals surface area contributed by atoms with E-state index in [1.54, 1.807) is 0 Å². The molecule has 0 aliphatic carbocycles. The van der Waals surface area contributed by atoms with E-state index in [-0.39, 0.29) is 5.97 Å². The van der Waals surface area contributed by atoms with Gasteiger partial charge in [0.05, 0.1) is 0 Å². The van der Waals surface area contributed by atoms with Gasteiger partial charge in [-0.15, -0.1) is 0 Å². The van der Waals surface area contributed by atoms with Crippen LogP contribution in [0, 0.1) is 0 Å². The molecular formula is C9H19BrO2Si. The van der Waals surface area contributed by atoms with Crippen molar-refractivity contribution in [1.82, 2.24) is 0 Å². The summed E-state index contributed by atoms with van der Waals surface area (Å²) in [6.07, 6.45) is 3.78. The molecule has 0 spiro atoms. The van der Waals surface area contributed by atoms with Crippen LogP contribution in [0.15, 0.2) is 0 Å². The van der Waals surface area contributed by atoms with Crippen molar-refractivity contribution in [2.24, 2.45) is 0 Å². The lowest BCUT2D eigenvalue weighted by atomic mass is 10.2. The van der Waals surface area contributed by atoms with E-state index in [4.69, 9.17) is 4.43 Å². The summed E-state index contributed by atoms with van der Waals surface area (Å²) in [5.41, 5.74) is 0. The second-order valence-corrected chi connectivity index (χ2v) is 9.31. The van der Waals surface area contributed by atoms with Crippen LogP contribution in [-0.4, -0.2) is 19.6 Å². The van der Waals surface area contributed by atoms with E-state index in [9.17, 15) is 4.79 Å². The molecule has 0 amide bonds. The molecule has 0 aromatic rings. The van der Waals surface area contributed by atoms with Crippen molar-refractivity contribution in [3.8, 4) is 0 Å². The maximum Gasteiger partial charge on any atom is 0.292 e. The molecule has 0 saturated carbocycles. The molecule has 0 heterocycles. The predicted octanol–water partition coefficient (Wildman–Crippen LogP) is 3.32. The third-order valence-electron chi connectivity index (χ3n) is 1.43. The van der Waals surface area contributed by atoms with Crippen LogP contribution in [-0.2, 0) is 9.22 Å². The summed E-state index contributed by atoms with van der Waals surface area (Å²) in [7, 11) is -1.65. The van der Waals surface area contributed by atoms with E-state index in [0.717, 1.165) is 24.6 Å². The zero-order valence-corrected chi connectivity index (χ0v) is 11.3. The standard InChI is InChI=1S/C9H19BrO2Si/c1-13(2,3)12-9(11)7-5-4-6-8-10/h4-8H2,1-3H3. The van der Waals surface area contributed by atoms with E-state index < -0.39 is 8.32 Å². The molecule has 0 aromatic carbocycles. The van der Waals surface area contributed by atoms with E-state index in [2.05, 4.69) is 15.9 Å². The van der Waals surface area contributed by atoms with Crippen molar-refractivity contribution < 1.29 is 9.22 Å². The molecular weight excluding hydrogens is 248 g/mol. The fraction of sp³-hybridized carbons (Fsp3) is 0.889. The average Bonchev–Trinajstić information content (AvgIpc) is 1.94. The Morgan fingerprint density at radius 1 is 1.23 bits per heavy atom. The minimum absolute atomic E-state index is 0.0197. The fourth-order valence-corrected chi connectivity index (χ4v) is 2.11. The molecule has 0 radical (unpaired) electrons. The first-order chi connectivity index (χ1) is 5.95. The molecule has 0 unspecified atom stereocenters. The van der Waals surface area contributed by atoms with E-state index >= 15 is 0 Å². The van der Waals surface area contributed by atoms with E-state index in [1.165, 1.54) is 0 Å². The number of carbonyl (C=O) groups excluding carboxylic acids is 1. The minimum atomic E-state index is -1.65. The van der Waals surface area contributed by atoms with E-state index in [0.29, 0.717) is 6.42 Å². The summed E-state index contributed by atoms with van der Waals surface area (Å²) in [6.45, 7) is 6.09. The van der Waals surface area contributed by atoms with Gasteiger partial charge in [-0.3, -0.25) is 4.79 Å². The first-order valence-electron chi connectivity index (χ1n) is 4.73. The molecule has 0 N–H and O–H groups in total.